The average Bonchev–Trinajstić information content (AvgIpc) is 2.46. The molecule has 84 valence electrons. The molecule has 0 aliphatic rings. The lowest BCUT2D eigenvalue weighted by molar-refractivity contribution is 0.0928. The van der Waals surface area contributed by atoms with Crippen molar-refractivity contribution in [3.8, 4) is 0 Å². The summed E-state index contributed by atoms with van der Waals surface area (Å²) in [5.74, 6) is 1.13. The Hall–Kier alpha value is -1.39. The van der Waals surface area contributed by atoms with Crippen LogP contribution in [0, 0.1) is 0 Å². The third kappa shape index (κ3) is 2.78. The molecule has 0 saturated heterocycles. The van der Waals surface area contributed by atoms with Gasteiger partial charge in [0, 0.05) is 19.0 Å². The van der Waals surface area contributed by atoms with Crippen LogP contribution in [0.3, 0.4) is 0 Å². The summed E-state index contributed by atoms with van der Waals surface area (Å²) in [5, 5.41) is 6.97. The lowest BCUT2D eigenvalue weighted by Gasteiger charge is -2.06. The number of carbonyl (C=O) groups is 1. The van der Waals surface area contributed by atoms with Crippen LogP contribution in [-0.4, -0.2) is 26.7 Å². The normalized spacial score (nSPS) is 11.1. The van der Waals surface area contributed by atoms with Crippen LogP contribution >= 0.6 is 0 Å². The number of aryl methyl sites for hydroxylation is 1. The lowest BCUT2D eigenvalue weighted by atomic mass is 10.2. The second kappa shape index (κ2) is 4.42. The second-order valence-electron chi connectivity index (χ2n) is 4.20. The molecule has 1 heterocycles. The number of aromatic nitrogens is 3. The summed E-state index contributed by atoms with van der Waals surface area (Å²) in [6, 6.07) is 0.108. The highest BCUT2D eigenvalue weighted by Gasteiger charge is 2.17. The zero-order valence-corrected chi connectivity index (χ0v) is 9.90. The first kappa shape index (κ1) is 11.7. The van der Waals surface area contributed by atoms with Crippen LogP contribution < -0.4 is 5.32 Å². The summed E-state index contributed by atoms with van der Waals surface area (Å²) < 4.78 is 1.52. The van der Waals surface area contributed by atoms with Crippen molar-refractivity contribution in [3.63, 3.8) is 0 Å². The monoisotopic (exact) mass is 210 g/mol. The van der Waals surface area contributed by atoms with E-state index in [1.807, 2.05) is 27.7 Å². The summed E-state index contributed by atoms with van der Waals surface area (Å²) in [7, 11) is 1.73. The first-order valence-electron chi connectivity index (χ1n) is 5.13. The Morgan fingerprint density at radius 1 is 1.33 bits per heavy atom. The summed E-state index contributed by atoms with van der Waals surface area (Å²) in [6.07, 6.45) is 0. The molecular formula is C10H18N4O. The third-order valence-corrected chi connectivity index (χ3v) is 1.92. The number of nitrogens with zero attached hydrogens (tertiary/aromatic N) is 3. The topological polar surface area (TPSA) is 59.8 Å². The molecule has 5 heteroatoms. The van der Waals surface area contributed by atoms with Crippen LogP contribution in [0.15, 0.2) is 0 Å². The van der Waals surface area contributed by atoms with Gasteiger partial charge in [-0.2, -0.15) is 5.10 Å². The SMILES string of the molecule is CC(C)NC(=O)c1nc(C(C)C)nn1C. The maximum Gasteiger partial charge on any atom is 0.289 e. The summed E-state index contributed by atoms with van der Waals surface area (Å²) in [4.78, 5) is 15.9. The molecule has 1 amide bonds. The first-order chi connectivity index (χ1) is 6.91. The maximum atomic E-state index is 11.7. The molecule has 1 rings (SSSR count). The number of hydrogen-bond donors (Lipinski definition) is 1. The Bertz CT molecular complexity index is 354. The van der Waals surface area contributed by atoms with Crippen LogP contribution in [-0.2, 0) is 7.05 Å². The molecule has 15 heavy (non-hydrogen) atoms. The van der Waals surface area contributed by atoms with Crippen molar-refractivity contribution in [3.05, 3.63) is 11.6 Å². The van der Waals surface area contributed by atoms with E-state index in [-0.39, 0.29) is 17.9 Å². The minimum atomic E-state index is -0.174. The molecule has 0 saturated carbocycles. The Balaban J connectivity index is 2.89. The smallest absolute Gasteiger partial charge is 0.289 e. The molecule has 0 spiro atoms. The van der Waals surface area contributed by atoms with Crippen LogP contribution in [0.25, 0.3) is 0 Å². The Morgan fingerprint density at radius 2 is 1.93 bits per heavy atom. The Labute approximate surface area is 89.9 Å². The molecule has 5 nitrogen and oxygen atoms in total. The van der Waals surface area contributed by atoms with Gasteiger partial charge in [-0.1, -0.05) is 13.8 Å². The van der Waals surface area contributed by atoms with Gasteiger partial charge in [0.25, 0.3) is 5.91 Å². The van der Waals surface area contributed by atoms with Gasteiger partial charge in [0.05, 0.1) is 0 Å². The van der Waals surface area contributed by atoms with Crippen molar-refractivity contribution in [1.29, 1.82) is 0 Å². The Kier molecular flexibility index (Phi) is 3.44. The van der Waals surface area contributed by atoms with E-state index in [1.54, 1.807) is 7.05 Å². The van der Waals surface area contributed by atoms with Gasteiger partial charge in [0.15, 0.2) is 5.82 Å². The largest absolute Gasteiger partial charge is 0.347 e. The van der Waals surface area contributed by atoms with E-state index in [9.17, 15) is 4.79 Å². The molecule has 0 radical (unpaired) electrons. The number of rotatable bonds is 3. The van der Waals surface area contributed by atoms with E-state index in [0.717, 1.165) is 0 Å². The minimum Gasteiger partial charge on any atom is -0.347 e. The van der Waals surface area contributed by atoms with Gasteiger partial charge in [0.1, 0.15) is 0 Å². The van der Waals surface area contributed by atoms with Gasteiger partial charge in [-0.15, -0.1) is 0 Å². The van der Waals surface area contributed by atoms with Crippen LogP contribution in [0.2, 0.25) is 0 Å². The Morgan fingerprint density at radius 3 is 2.33 bits per heavy atom. The maximum absolute atomic E-state index is 11.7. The van der Waals surface area contributed by atoms with Crippen molar-refractivity contribution in [2.24, 2.45) is 7.05 Å². The van der Waals surface area contributed by atoms with Crippen molar-refractivity contribution in [2.75, 3.05) is 0 Å². The van der Waals surface area contributed by atoms with Crippen LogP contribution in [0.4, 0.5) is 0 Å². The molecular weight excluding hydrogens is 192 g/mol. The quantitative estimate of drug-likeness (QED) is 0.812. The molecule has 0 fully saturated rings. The highest BCUT2D eigenvalue weighted by molar-refractivity contribution is 5.90. The first-order valence-corrected chi connectivity index (χ1v) is 5.13. The number of carbonyl (C=O) groups excluding carboxylic acids is 1. The van der Waals surface area contributed by atoms with Gasteiger partial charge < -0.3 is 5.32 Å². The highest BCUT2D eigenvalue weighted by Crippen LogP contribution is 2.09. The molecule has 0 aromatic carbocycles. The molecule has 0 unspecified atom stereocenters. The van der Waals surface area contributed by atoms with Crippen molar-refractivity contribution < 1.29 is 4.79 Å². The van der Waals surface area contributed by atoms with E-state index >= 15 is 0 Å². The fourth-order valence-corrected chi connectivity index (χ4v) is 1.17. The predicted molar refractivity (Wildman–Crippen MR) is 57.7 cm³/mol. The molecule has 1 aromatic rings. The van der Waals surface area contributed by atoms with Crippen LogP contribution in [0.1, 0.15) is 50.1 Å². The number of nitrogens with one attached hydrogen (secondary N) is 1. The second-order valence-corrected chi connectivity index (χ2v) is 4.20. The average molecular weight is 210 g/mol. The van der Waals surface area contributed by atoms with Gasteiger partial charge in [-0.05, 0) is 13.8 Å². The molecule has 0 aliphatic carbocycles. The highest BCUT2D eigenvalue weighted by atomic mass is 16.2. The molecule has 1 aromatic heterocycles. The predicted octanol–water partition coefficient (Wildman–Crippen LogP) is 1.08. The van der Waals surface area contributed by atoms with Crippen LogP contribution in [0.5, 0.6) is 0 Å². The third-order valence-electron chi connectivity index (χ3n) is 1.92. The summed E-state index contributed by atoms with van der Waals surface area (Å²) in [6.45, 7) is 7.83. The van der Waals surface area contributed by atoms with E-state index in [4.69, 9.17) is 0 Å². The van der Waals surface area contributed by atoms with Crippen molar-refractivity contribution >= 4 is 5.91 Å². The van der Waals surface area contributed by atoms with Crippen molar-refractivity contribution in [2.45, 2.75) is 39.7 Å². The van der Waals surface area contributed by atoms with E-state index in [0.29, 0.717) is 11.6 Å². The van der Waals surface area contributed by atoms with Gasteiger partial charge in [0.2, 0.25) is 5.82 Å². The van der Waals surface area contributed by atoms with Crippen molar-refractivity contribution in [1.82, 2.24) is 20.1 Å². The zero-order valence-electron chi connectivity index (χ0n) is 9.90. The number of amides is 1. The summed E-state index contributed by atoms with van der Waals surface area (Å²) in [5.41, 5.74) is 0. The van der Waals surface area contributed by atoms with Gasteiger partial charge in [-0.3, -0.25) is 4.79 Å². The lowest BCUT2D eigenvalue weighted by Crippen LogP contribution is -2.32. The molecule has 0 atom stereocenters. The molecule has 1 N–H and O–H groups in total. The minimum absolute atomic E-state index is 0.108. The molecule has 0 aliphatic heterocycles. The van der Waals surface area contributed by atoms with E-state index in [2.05, 4.69) is 15.4 Å². The molecule has 0 bridgehead atoms. The van der Waals surface area contributed by atoms with Gasteiger partial charge in [-0.25, -0.2) is 9.67 Å². The fraction of sp³-hybridized carbons (Fsp3) is 0.700. The van der Waals surface area contributed by atoms with E-state index in [1.165, 1.54) is 4.68 Å². The zero-order chi connectivity index (χ0) is 11.6. The fourth-order valence-electron chi connectivity index (χ4n) is 1.17. The standard InChI is InChI=1S/C10H18N4O/c1-6(2)8-12-9(14(5)13-8)10(15)11-7(3)4/h6-7H,1-5H3,(H,11,15). The summed E-state index contributed by atoms with van der Waals surface area (Å²) >= 11 is 0. The van der Waals surface area contributed by atoms with E-state index < -0.39 is 0 Å². The van der Waals surface area contributed by atoms with Gasteiger partial charge >= 0.3 is 0 Å². The number of hydrogen-bond acceptors (Lipinski definition) is 3.